The molecule has 0 spiro atoms. The minimum absolute atomic E-state index is 0.615. The molecule has 13 heavy (non-hydrogen) atoms. The molecule has 0 aliphatic rings. The topological polar surface area (TPSA) is 15.3 Å². The van der Waals surface area contributed by atoms with E-state index in [9.17, 15) is 0 Å². The third-order valence-electron chi connectivity index (χ3n) is 2.36. The summed E-state index contributed by atoms with van der Waals surface area (Å²) >= 11 is 0. The van der Waals surface area contributed by atoms with Gasteiger partial charge in [0.05, 0.1) is 0 Å². The van der Waals surface area contributed by atoms with Crippen LogP contribution in [0.25, 0.3) is 0 Å². The number of rotatable bonds is 6. The van der Waals surface area contributed by atoms with Crippen LogP contribution in [-0.4, -0.2) is 38.1 Å². The number of nitrogens with zero attached hydrogens (tertiary/aromatic N) is 1. The lowest BCUT2D eigenvalue weighted by Gasteiger charge is -2.27. The standard InChI is InChI=1S/C11H26N2/c1-9(2)7-13(6)8-11(12-5)10(3)4/h9-12H,7-8H2,1-6H3. The summed E-state index contributed by atoms with van der Waals surface area (Å²) < 4.78 is 0. The first-order valence-corrected chi connectivity index (χ1v) is 5.33. The van der Waals surface area contributed by atoms with Gasteiger partial charge in [-0.05, 0) is 25.9 Å². The molecule has 1 N–H and O–H groups in total. The van der Waals surface area contributed by atoms with Gasteiger partial charge in [-0.1, -0.05) is 27.7 Å². The van der Waals surface area contributed by atoms with E-state index in [0.29, 0.717) is 12.0 Å². The van der Waals surface area contributed by atoms with Crippen molar-refractivity contribution < 1.29 is 0 Å². The molecule has 0 saturated heterocycles. The smallest absolute Gasteiger partial charge is 0.0214 e. The Labute approximate surface area is 83.7 Å². The van der Waals surface area contributed by atoms with Gasteiger partial charge >= 0.3 is 0 Å². The van der Waals surface area contributed by atoms with E-state index in [2.05, 4.69) is 45.0 Å². The molecule has 0 radical (unpaired) electrons. The third kappa shape index (κ3) is 6.05. The SMILES string of the molecule is CNC(CN(C)CC(C)C)C(C)C. The first-order valence-electron chi connectivity index (χ1n) is 5.33. The zero-order valence-corrected chi connectivity index (χ0v) is 10.1. The Morgan fingerprint density at radius 3 is 1.92 bits per heavy atom. The number of hydrogen-bond acceptors (Lipinski definition) is 2. The van der Waals surface area contributed by atoms with Crippen LogP contribution < -0.4 is 5.32 Å². The van der Waals surface area contributed by atoms with E-state index in [1.54, 1.807) is 0 Å². The number of likely N-dealkylation sites (N-methyl/N-ethyl adjacent to an activating group) is 2. The van der Waals surface area contributed by atoms with Gasteiger partial charge in [0.15, 0.2) is 0 Å². The minimum Gasteiger partial charge on any atom is -0.315 e. The van der Waals surface area contributed by atoms with Gasteiger partial charge in [0, 0.05) is 19.1 Å². The van der Waals surface area contributed by atoms with E-state index in [-0.39, 0.29) is 0 Å². The van der Waals surface area contributed by atoms with E-state index in [0.717, 1.165) is 12.5 Å². The van der Waals surface area contributed by atoms with Gasteiger partial charge in [-0.2, -0.15) is 0 Å². The van der Waals surface area contributed by atoms with Crippen LogP contribution in [0.3, 0.4) is 0 Å². The molecule has 0 amide bonds. The lowest BCUT2D eigenvalue weighted by Crippen LogP contribution is -2.42. The molecule has 0 heterocycles. The third-order valence-corrected chi connectivity index (χ3v) is 2.36. The van der Waals surface area contributed by atoms with Crippen molar-refractivity contribution in [2.45, 2.75) is 33.7 Å². The summed E-state index contributed by atoms with van der Waals surface area (Å²) in [4.78, 5) is 2.41. The van der Waals surface area contributed by atoms with Crippen LogP contribution in [0.1, 0.15) is 27.7 Å². The van der Waals surface area contributed by atoms with Crippen molar-refractivity contribution in [1.82, 2.24) is 10.2 Å². The average Bonchev–Trinajstić information content (AvgIpc) is 1.98. The van der Waals surface area contributed by atoms with Crippen molar-refractivity contribution in [2.75, 3.05) is 27.2 Å². The number of hydrogen-bond donors (Lipinski definition) is 1. The average molecular weight is 186 g/mol. The second-order valence-electron chi connectivity index (χ2n) is 4.75. The Morgan fingerprint density at radius 2 is 1.62 bits per heavy atom. The molecule has 0 aliphatic carbocycles. The molecular weight excluding hydrogens is 160 g/mol. The highest BCUT2D eigenvalue weighted by Gasteiger charge is 2.13. The monoisotopic (exact) mass is 186 g/mol. The van der Waals surface area contributed by atoms with Gasteiger partial charge in [0.25, 0.3) is 0 Å². The molecule has 0 saturated carbocycles. The summed E-state index contributed by atoms with van der Waals surface area (Å²) in [6.07, 6.45) is 0. The second-order valence-corrected chi connectivity index (χ2v) is 4.75. The van der Waals surface area contributed by atoms with Crippen molar-refractivity contribution in [3.8, 4) is 0 Å². The van der Waals surface area contributed by atoms with Crippen molar-refractivity contribution in [1.29, 1.82) is 0 Å². The normalized spacial score (nSPS) is 14.5. The van der Waals surface area contributed by atoms with Crippen molar-refractivity contribution in [2.24, 2.45) is 11.8 Å². The Morgan fingerprint density at radius 1 is 1.08 bits per heavy atom. The van der Waals surface area contributed by atoms with Crippen LogP contribution in [0.5, 0.6) is 0 Å². The largest absolute Gasteiger partial charge is 0.315 e. The fourth-order valence-corrected chi connectivity index (χ4v) is 1.67. The van der Waals surface area contributed by atoms with E-state index < -0.39 is 0 Å². The van der Waals surface area contributed by atoms with Crippen molar-refractivity contribution >= 4 is 0 Å². The second kappa shape index (κ2) is 6.39. The molecule has 1 unspecified atom stereocenters. The van der Waals surface area contributed by atoms with Gasteiger partial charge < -0.3 is 10.2 Å². The molecule has 80 valence electrons. The molecule has 0 rings (SSSR count). The Kier molecular flexibility index (Phi) is 6.35. The molecule has 0 bridgehead atoms. The van der Waals surface area contributed by atoms with Crippen LogP contribution >= 0.6 is 0 Å². The summed E-state index contributed by atoms with van der Waals surface area (Å²) in [7, 11) is 4.25. The van der Waals surface area contributed by atoms with Crippen LogP contribution in [-0.2, 0) is 0 Å². The minimum atomic E-state index is 0.615. The van der Waals surface area contributed by atoms with Crippen LogP contribution in [0, 0.1) is 11.8 Å². The van der Waals surface area contributed by atoms with Gasteiger partial charge in [0.2, 0.25) is 0 Å². The molecular formula is C11H26N2. The Bertz CT molecular complexity index is 121. The summed E-state index contributed by atoms with van der Waals surface area (Å²) in [5.41, 5.74) is 0. The Hall–Kier alpha value is -0.0800. The van der Waals surface area contributed by atoms with Crippen LogP contribution in [0.15, 0.2) is 0 Å². The van der Waals surface area contributed by atoms with E-state index in [1.807, 2.05) is 7.05 Å². The van der Waals surface area contributed by atoms with Crippen molar-refractivity contribution in [3.63, 3.8) is 0 Å². The fraction of sp³-hybridized carbons (Fsp3) is 1.00. The van der Waals surface area contributed by atoms with E-state index >= 15 is 0 Å². The van der Waals surface area contributed by atoms with Gasteiger partial charge in [-0.15, -0.1) is 0 Å². The van der Waals surface area contributed by atoms with Crippen LogP contribution in [0.4, 0.5) is 0 Å². The lowest BCUT2D eigenvalue weighted by molar-refractivity contribution is 0.240. The predicted molar refractivity (Wildman–Crippen MR) is 60.0 cm³/mol. The van der Waals surface area contributed by atoms with E-state index in [1.165, 1.54) is 6.54 Å². The maximum Gasteiger partial charge on any atom is 0.0214 e. The summed E-state index contributed by atoms with van der Waals surface area (Å²) in [6, 6.07) is 0.615. The number of nitrogens with one attached hydrogen (secondary N) is 1. The maximum absolute atomic E-state index is 3.36. The van der Waals surface area contributed by atoms with Gasteiger partial charge in [0.1, 0.15) is 0 Å². The molecule has 1 atom stereocenters. The molecule has 0 aliphatic heterocycles. The maximum atomic E-state index is 3.36. The highest BCUT2D eigenvalue weighted by atomic mass is 15.1. The zero-order chi connectivity index (χ0) is 10.4. The summed E-state index contributed by atoms with van der Waals surface area (Å²) in [6.45, 7) is 11.4. The quantitative estimate of drug-likeness (QED) is 0.680. The summed E-state index contributed by atoms with van der Waals surface area (Å²) in [5, 5.41) is 3.36. The lowest BCUT2D eigenvalue weighted by atomic mass is 10.0. The first-order chi connectivity index (χ1) is 5.97. The van der Waals surface area contributed by atoms with Crippen LogP contribution in [0.2, 0.25) is 0 Å². The van der Waals surface area contributed by atoms with Gasteiger partial charge in [-0.25, -0.2) is 0 Å². The highest BCUT2D eigenvalue weighted by molar-refractivity contribution is 4.72. The molecule has 2 nitrogen and oxygen atoms in total. The Balaban J connectivity index is 3.79. The van der Waals surface area contributed by atoms with Crippen molar-refractivity contribution in [3.05, 3.63) is 0 Å². The molecule has 0 aromatic heterocycles. The fourth-order valence-electron chi connectivity index (χ4n) is 1.67. The first kappa shape index (κ1) is 12.9. The molecule has 0 fully saturated rings. The summed E-state index contributed by atoms with van der Waals surface area (Å²) in [5.74, 6) is 1.47. The predicted octanol–water partition coefficient (Wildman–Crippen LogP) is 1.82. The molecule has 2 heteroatoms. The van der Waals surface area contributed by atoms with E-state index in [4.69, 9.17) is 0 Å². The van der Waals surface area contributed by atoms with Gasteiger partial charge in [-0.3, -0.25) is 0 Å². The highest BCUT2D eigenvalue weighted by Crippen LogP contribution is 2.04. The molecule has 0 aromatic carbocycles. The zero-order valence-electron chi connectivity index (χ0n) is 10.1. The molecule has 0 aromatic rings.